The van der Waals surface area contributed by atoms with Crippen molar-refractivity contribution in [1.29, 1.82) is 0 Å². The average Bonchev–Trinajstić information content (AvgIpc) is 2.41. The van der Waals surface area contributed by atoms with E-state index in [0.717, 1.165) is 5.56 Å². The Kier molecular flexibility index (Phi) is 9.78. The van der Waals surface area contributed by atoms with Crippen molar-refractivity contribution in [2.75, 3.05) is 18.4 Å². The molecule has 118 valence electrons. The number of halogens is 2. The van der Waals surface area contributed by atoms with E-state index in [2.05, 4.69) is 10.6 Å². The zero-order valence-electron chi connectivity index (χ0n) is 11.9. The van der Waals surface area contributed by atoms with Crippen LogP contribution in [0.15, 0.2) is 18.2 Å². The second kappa shape index (κ2) is 10.4. The molecule has 1 aromatic carbocycles. The van der Waals surface area contributed by atoms with Gasteiger partial charge in [-0.05, 0) is 37.6 Å². The van der Waals surface area contributed by atoms with Crippen LogP contribution in [0.1, 0.15) is 24.8 Å². The fourth-order valence-electron chi connectivity index (χ4n) is 1.62. The summed E-state index contributed by atoms with van der Waals surface area (Å²) in [4.78, 5) is 23.1. The Hall–Kier alpha value is -1.30. The molecule has 0 bridgehead atoms. The number of carbonyl (C=O) groups excluding carboxylic acids is 2. The van der Waals surface area contributed by atoms with E-state index in [1.807, 2.05) is 6.92 Å². The first-order valence-electron chi connectivity index (χ1n) is 6.56. The number of rotatable bonds is 7. The van der Waals surface area contributed by atoms with Gasteiger partial charge in [0.2, 0.25) is 11.8 Å². The second-order valence-electron chi connectivity index (χ2n) is 4.45. The Labute approximate surface area is 136 Å². The number of anilines is 1. The summed E-state index contributed by atoms with van der Waals surface area (Å²) < 4.78 is 0. The lowest BCUT2D eigenvalue weighted by Crippen LogP contribution is -2.28. The van der Waals surface area contributed by atoms with Gasteiger partial charge in [-0.25, -0.2) is 0 Å². The molecule has 5 nitrogen and oxygen atoms in total. The third kappa shape index (κ3) is 7.32. The van der Waals surface area contributed by atoms with Crippen LogP contribution >= 0.6 is 24.0 Å². The molecule has 1 aromatic rings. The van der Waals surface area contributed by atoms with Gasteiger partial charge in [-0.15, -0.1) is 12.4 Å². The van der Waals surface area contributed by atoms with Gasteiger partial charge in [0.25, 0.3) is 0 Å². The van der Waals surface area contributed by atoms with Crippen molar-refractivity contribution in [3.8, 4) is 0 Å². The van der Waals surface area contributed by atoms with E-state index in [4.69, 9.17) is 17.3 Å². The van der Waals surface area contributed by atoms with Crippen LogP contribution < -0.4 is 16.4 Å². The number of benzene rings is 1. The number of hydrogen-bond donors (Lipinski definition) is 3. The number of hydrogen-bond acceptors (Lipinski definition) is 3. The molecule has 0 aliphatic heterocycles. The van der Waals surface area contributed by atoms with Gasteiger partial charge in [0.15, 0.2) is 0 Å². The summed E-state index contributed by atoms with van der Waals surface area (Å²) in [5.74, 6) is -0.239. The fourth-order valence-corrected chi connectivity index (χ4v) is 1.80. The van der Waals surface area contributed by atoms with Gasteiger partial charge in [-0.2, -0.15) is 0 Å². The summed E-state index contributed by atoms with van der Waals surface area (Å²) >= 11 is 5.97. The Balaban J connectivity index is 0.00000400. The first-order chi connectivity index (χ1) is 9.54. The first-order valence-corrected chi connectivity index (χ1v) is 6.94. The number of carbonyl (C=O) groups is 2. The summed E-state index contributed by atoms with van der Waals surface area (Å²) in [6.07, 6.45) is 1.27. The predicted molar refractivity (Wildman–Crippen MR) is 88.0 cm³/mol. The highest BCUT2D eigenvalue weighted by molar-refractivity contribution is 6.31. The minimum absolute atomic E-state index is 0. The van der Waals surface area contributed by atoms with E-state index in [1.165, 1.54) is 0 Å². The van der Waals surface area contributed by atoms with Gasteiger partial charge >= 0.3 is 0 Å². The maximum Gasteiger partial charge on any atom is 0.226 e. The smallest absolute Gasteiger partial charge is 0.226 e. The van der Waals surface area contributed by atoms with E-state index in [-0.39, 0.29) is 30.6 Å². The van der Waals surface area contributed by atoms with E-state index in [1.54, 1.807) is 18.2 Å². The molecule has 0 unspecified atom stereocenters. The molecular weight excluding hydrogens is 313 g/mol. The van der Waals surface area contributed by atoms with Crippen molar-refractivity contribution in [2.45, 2.75) is 26.2 Å². The van der Waals surface area contributed by atoms with Crippen LogP contribution in [0.2, 0.25) is 5.02 Å². The fraction of sp³-hybridized carbons (Fsp3) is 0.429. The molecular formula is C14H21Cl2N3O2. The molecule has 4 N–H and O–H groups in total. The number of amides is 2. The quantitative estimate of drug-likeness (QED) is 0.715. The summed E-state index contributed by atoms with van der Waals surface area (Å²) in [6, 6.07) is 5.34. The van der Waals surface area contributed by atoms with Gasteiger partial charge < -0.3 is 16.4 Å². The molecule has 2 amide bonds. The molecule has 0 aliphatic carbocycles. The molecule has 0 fully saturated rings. The molecule has 0 saturated carbocycles. The summed E-state index contributed by atoms with van der Waals surface area (Å²) in [6.45, 7) is 2.64. The summed E-state index contributed by atoms with van der Waals surface area (Å²) in [5, 5.41) is 6.06. The third-order valence-electron chi connectivity index (χ3n) is 2.82. The monoisotopic (exact) mass is 333 g/mol. The third-order valence-corrected chi connectivity index (χ3v) is 3.23. The van der Waals surface area contributed by atoms with Crippen molar-refractivity contribution in [1.82, 2.24) is 5.32 Å². The Morgan fingerprint density at radius 1 is 1.24 bits per heavy atom. The molecule has 1 rings (SSSR count). The van der Waals surface area contributed by atoms with Crippen LogP contribution in [0, 0.1) is 6.92 Å². The van der Waals surface area contributed by atoms with E-state index < -0.39 is 0 Å². The zero-order chi connectivity index (χ0) is 15.0. The van der Waals surface area contributed by atoms with Gasteiger partial charge in [0.1, 0.15) is 0 Å². The minimum Gasteiger partial charge on any atom is -0.356 e. The van der Waals surface area contributed by atoms with Gasteiger partial charge in [0.05, 0.1) is 0 Å². The zero-order valence-corrected chi connectivity index (χ0v) is 13.5. The van der Waals surface area contributed by atoms with Crippen LogP contribution in [0.3, 0.4) is 0 Å². The maximum absolute atomic E-state index is 11.7. The molecule has 0 aliphatic rings. The largest absolute Gasteiger partial charge is 0.356 e. The molecule has 21 heavy (non-hydrogen) atoms. The standard InChI is InChI=1S/C14H20ClN3O2.ClH/c1-10-11(15)4-2-5-12(10)18-14(20)7-9-17-13(19)6-3-8-16;/h2,4-5H,3,6-9,16H2,1H3,(H,17,19)(H,18,20);1H. The van der Waals surface area contributed by atoms with E-state index >= 15 is 0 Å². The van der Waals surface area contributed by atoms with Gasteiger partial charge in [-0.3, -0.25) is 9.59 Å². The van der Waals surface area contributed by atoms with Crippen molar-refractivity contribution in [2.24, 2.45) is 5.73 Å². The topological polar surface area (TPSA) is 84.2 Å². The van der Waals surface area contributed by atoms with Crippen LogP contribution in [0.5, 0.6) is 0 Å². The summed E-state index contributed by atoms with van der Waals surface area (Å²) in [5.41, 5.74) is 6.83. The highest BCUT2D eigenvalue weighted by atomic mass is 35.5. The van der Waals surface area contributed by atoms with E-state index in [9.17, 15) is 9.59 Å². The lowest BCUT2D eigenvalue weighted by molar-refractivity contribution is -0.121. The Morgan fingerprint density at radius 2 is 1.95 bits per heavy atom. The van der Waals surface area contributed by atoms with Crippen LogP contribution in [-0.4, -0.2) is 24.9 Å². The number of nitrogens with one attached hydrogen (secondary N) is 2. The molecule has 0 heterocycles. The van der Waals surface area contributed by atoms with Crippen LogP contribution in [-0.2, 0) is 9.59 Å². The molecule has 0 aromatic heterocycles. The molecule has 0 saturated heterocycles. The molecule has 0 radical (unpaired) electrons. The highest BCUT2D eigenvalue weighted by Crippen LogP contribution is 2.22. The normalized spacial score (nSPS) is 9.67. The van der Waals surface area contributed by atoms with Gasteiger partial charge in [-0.1, -0.05) is 17.7 Å². The maximum atomic E-state index is 11.7. The van der Waals surface area contributed by atoms with Crippen LogP contribution in [0.25, 0.3) is 0 Å². The molecule has 7 heteroatoms. The Bertz CT molecular complexity index is 481. The van der Waals surface area contributed by atoms with Crippen molar-refractivity contribution in [3.05, 3.63) is 28.8 Å². The van der Waals surface area contributed by atoms with E-state index in [0.29, 0.717) is 36.6 Å². The second-order valence-corrected chi connectivity index (χ2v) is 4.86. The van der Waals surface area contributed by atoms with Gasteiger partial charge in [0, 0.05) is 30.1 Å². The lowest BCUT2D eigenvalue weighted by Gasteiger charge is -2.10. The van der Waals surface area contributed by atoms with Crippen molar-refractivity contribution in [3.63, 3.8) is 0 Å². The lowest BCUT2D eigenvalue weighted by atomic mass is 10.2. The minimum atomic E-state index is -0.158. The van der Waals surface area contributed by atoms with Crippen LogP contribution in [0.4, 0.5) is 5.69 Å². The number of nitrogens with two attached hydrogens (primary N) is 1. The van der Waals surface area contributed by atoms with Crippen molar-refractivity contribution < 1.29 is 9.59 Å². The first kappa shape index (κ1) is 19.7. The average molecular weight is 334 g/mol. The highest BCUT2D eigenvalue weighted by Gasteiger charge is 2.07. The predicted octanol–water partition coefficient (Wildman–Crippen LogP) is 2.25. The SMILES string of the molecule is Cc1c(Cl)cccc1NC(=O)CCNC(=O)CCCN.Cl. The Morgan fingerprint density at radius 3 is 2.62 bits per heavy atom. The summed E-state index contributed by atoms with van der Waals surface area (Å²) in [7, 11) is 0. The van der Waals surface area contributed by atoms with Crippen molar-refractivity contribution >= 4 is 41.5 Å². The molecule has 0 spiro atoms. The molecule has 0 atom stereocenters.